The number of hydrogen-bond acceptors (Lipinski definition) is 4. The molecule has 2 aromatic rings. The fraction of sp³-hybridized carbons (Fsp3) is 0.412. The quantitative estimate of drug-likeness (QED) is 0.853. The van der Waals surface area contributed by atoms with Crippen LogP contribution < -0.4 is 0 Å². The normalized spacial score (nSPS) is 21.9. The van der Waals surface area contributed by atoms with Crippen molar-refractivity contribution in [2.75, 3.05) is 13.2 Å². The van der Waals surface area contributed by atoms with Crippen molar-refractivity contribution in [3.63, 3.8) is 0 Å². The number of thiazole rings is 1. The summed E-state index contributed by atoms with van der Waals surface area (Å²) < 4.78 is 5.58. The van der Waals surface area contributed by atoms with Gasteiger partial charge in [-0.15, -0.1) is 11.3 Å². The second kappa shape index (κ2) is 6.18. The molecule has 116 valence electrons. The van der Waals surface area contributed by atoms with Gasteiger partial charge in [0, 0.05) is 17.5 Å². The molecule has 0 aliphatic carbocycles. The number of hydrogen-bond donors (Lipinski definition) is 0. The van der Waals surface area contributed by atoms with E-state index in [0.717, 1.165) is 10.6 Å². The van der Waals surface area contributed by atoms with Crippen LogP contribution in [0.25, 0.3) is 10.6 Å². The van der Waals surface area contributed by atoms with E-state index >= 15 is 0 Å². The Morgan fingerprint density at radius 2 is 2.05 bits per heavy atom. The van der Waals surface area contributed by atoms with Gasteiger partial charge in [0.2, 0.25) is 0 Å². The standard InChI is InChI=1S/C17H20N2O2S/c1-11-4-6-14(7-5-11)16-18-15(10-22-16)17(20)19-8-13(3)21-9-12(19)2/h4-7,10,12-13H,8-9H2,1-3H3/t12-,13+/m0/s1. The molecule has 1 amide bonds. The summed E-state index contributed by atoms with van der Waals surface area (Å²) in [6.45, 7) is 7.27. The molecule has 3 rings (SSSR count). The predicted octanol–water partition coefficient (Wildman–Crippen LogP) is 3.37. The summed E-state index contributed by atoms with van der Waals surface area (Å²) in [5.74, 6) is -0.00254. The maximum atomic E-state index is 12.7. The van der Waals surface area contributed by atoms with Crippen molar-refractivity contribution in [3.8, 4) is 10.6 Å². The molecule has 1 saturated heterocycles. The smallest absolute Gasteiger partial charge is 0.273 e. The summed E-state index contributed by atoms with van der Waals surface area (Å²) in [4.78, 5) is 19.1. The van der Waals surface area contributed by atoms with Crippen LogP contribution in [0, 0.1) is 6.92 Å². The summed E-state index contributed by atoms with van der Waals surface area (Å²) in [5, 5.41) is 2.74. The zero-order valence-corrected chi connectivity index (χ0v) is 13.9. The van der Waals surface area contributed by atoms with E-state index in [1.807, 2.05) is 36.3 Å². The van der Waals surface area contributed by atoms with Gasteiger partial charge in [-0.1, -0.05) is 29.8 Å². The van der Waals surface area contributed by atoms with Crippen molar-refractivity contribution in [2.24, 2.45) is 0 Å². The number of rotatable bonds is 2. The first-order chi connectivity index (χ1) is 10.5. The van der Waals surface area contributed by atoms with Crippen LogP contribution in [-0.2, 0) is 4.74 Å². The van der Waals surface area contributed by atoms with Crippen LogP contribution in [0.5, 0.6) is 0 Å². The van der Waals surface area contributed by atoms with E-state index < -0.39 is 0 Å². The number of aromatic nitrogens is 1. The number of ether oxygens (including phenoxy) is 1. The number of morpholine rings is 1. The monoisotopic (exact) mass is 316 g/mol. The lowest BCUT2D eigenvalue weighted by molar-refractivity contribution is -0.0388. The zero-order chi connectivity index (χ0) is 15.7. The van der Waals surface area contributed by atoms with Crippen molar-refractivity contribution < 1.29 is 9.53 Å². The molecule has 2 heterocycles. The van der Waals surface area contributed by atoms with Gasteiger partial charge in [-0.25, -0.2) is 4.98 Å². The van der Waals surface area contributed by atoms with Crippen molar-refractivity contribution >= 4 is 17.2 Å². The lowest BCUT2D eigenvalue weighted by atomic mass is 10.1. The molecule has 1 aromatic heterocycles. The Balaban J connectivity index is 1.81. The summed E-state index contributed by atoms with van der Waals surface area (Å²) in [7, 11) is 0. The zero-order valence-electron chi connectivity index (χ0n) is 13.1. The number of carbonyl (C=O) groups excluding carboxylic acids is 1. The van der Waals surface area contributed by atoms with Crippen molar-refractivity contribution in [3.05, 3.63) is 40.9 Å². The highest BCUT2D eigenvalue weighted by molar-refractivity contribution is 7.13. The van der Waals surface area contributed by atoms with Gasteiger partial charge in [0.05, 0.1) is 18.8 Å². The fourth-order valence-electron chi connectivity index (χ4n) is 2.53. The average molecular weight is 316 g/mol. The van der Waals surface area contributed by atoms with E-state index in [9.17, 15) is 4.79 Å². The van der Waals surface area contributed by atoms with Crippen LogP contribution in [-0.4, -0.2) is 41.1 Å². The van der Waals surface area contributed by atoms with Crippen LogP contribution >= 0.6 is 11.3 Å². The third kappa shape index (κ3) is 3.05. The minimum Gasteiger partial charge on any atom is -0.375 e. The molecule has 0 saturated carbocycles. The number of carbonyl (C=O) groups is 1. The van der Waals surface area contributed by atoms with Crippen LogP contribution in [0.15, 0.2) is 29.6 Å². The van der Waals surface area contributed by atoms with Gasteiger partial charge < -0.3 is 9.64 Å². The highest BCUT2D eigenvalue weighted by Crippen LogP contribution is 2.25. The second-order valence-corrected chi connectivity index (χ2v) is 6.71. The Kier molecular flexibility index (Phi) is 4.27. The van der Waals surface area contributed by atoms with Crippen molar-refractivity contribution in [1.29, 1.82) is 0 Å². The second-order valence-electron chi connectivity index (χ2n) is 5.85. The number of nitrogens with zero attached hydrogens (tertiary/aromatic N) is 2. The van der Waals surface area contributed by atoms with E-state index in [1.54, 1.807) is 0 Å². The predicted molar refractivity (Wildman–Crippen MR) is 88.2 cm³/mol. The first-order valence-electron chi connectivity index (χ1n) is 7.49. The molecule has 4 nitrogen and oxygen atoms in total. The van der Waals surface area contributed by atoms with E-state index in [0.29, 0.717) is 18.8 Å². The maximum Gasteiger partial charge on any atom is 0.273 e. The lowest BCUT2D eigenvalue weighted by Crippen LogP contribution is -2.50. The SMILES string of the molecule is Cc1ccc(-c2nc(C(=O)N3C[C@@H](C)OC[C@@H]3C)cs2)cc1. The molecule has 0 spiro atoms. The Morgan fingerprint density at radius 1 is 1.32 bits per heavy atom. The first-order valence-corrected chi connectivity index (χ1v) is 8.37. The molecular formula is C17H20N2O2S. The van der Waals surface area contributed by atoms with Crippen LogP contribution in [0.1, 0.15) is 29.9 Å². The first kappa shape index (κ1) is 15.2. The summed E-state index contributed by atoms with van der Waals surface area (Å²) >= 11 is 1.51. The molecule has 1 aliphatic heterocycles. The minimum atomic E-state index is -0.00254. The highest BCUT2D eigenvalue weighted by atomic mass is 32.1. The molecule has 2 atom stereocenters. The Labute approximate surface area is 134 Å². The number of amides is 1. The number of aryl methyl sites for hydroxylation is 1. The minimum absolute atomic E-state index is 0.00254. The summed E-state index contributed by atoms with van der Waals surface area (Å²) in [5.41, 5.74) is 2.80. The number of benzene rings is 1. The lowest BCUT2D eigenvalue weighted by Gasteiger charge is -2.36. The highest BCUT2D eigenvalue weighted by Gasteiger charge is 2.29. The fourth-order valence-corrected chi connectivity index (χ4v) is 3.33. The molecule has 0 bridgehead atoms. The Bertz CT molecular complexity index is 666. The van der Waals surface area contributed by atoms with Gasteiger partial charge in [0.25, 0.3) is 5.91 Å². The van der Waals surface area contributed by atoms with E-state index in [4.69, 9.17) is 4.74 Å². The van der Waals surface area contributed by atoms with Crippen molar-refractivity contribution in [2.45, 2.75) is 32.9 Å². The van der Waals surface area contributed by atoms with Crippen LogP contribution in [0.2, 0.25) is 0 Å². The summed E-state index contributed by atoms with van der Waals surface area (Å²) in [6.07, 6.45) is 0.0790. The van der Waals surface area contributed by atoms with E-state index in [1.165, 1.54) is 16.9 Å². The molecule has 0 radical (unpaired) electrons. The van der Waals surface area contributed by atoms with Gasteiger partial charge >= 0.3 is 0 Å². The molecule has 1 aromatic carbocycles. The molecule has 1 fully saturated rings. The Hall–Kier alpha value is -1.72. The molecular weight excluding hydrogens is 296 g/mol. The third-order valence-electron chi connectivity index (χ3n) is 3.89. The van der Waals surface area contributed by atoms with Gasteiger partial charge in [-0.3, -0.25) is 4.79 Å². The van der Waals surface area contributed by atoms with Crippen molar-refractivity contribution in [1.82, 2.24) is 9.88 Å². The van der Waals surface area contributed by atoms with E-state index in [-0.39, 0.29) is 18.1 Å². The summed E-state index contributed by atoms with van der Waals surface area (Å²) in [6, 6.07) is 8.30. The van der Waals surface area contributed by atoms with Crippen LogP contribution in [0.3, 0.4) is 0 Å². The van der Waals surface area contributed by atoms with Gasteiger partial charge in [-0.2, -0.15) is 0 Å². The molecule has 5 heteroatoms. The third-order valence-corrected chi connectivity index (χ3v) is 4.78. The molecule has 1 aliphatic rings. The van der Waals surface area contributed by atoms with Gasteiger partial charge in [0.1, 0.15) is 10.7 Å². The molecule has 0 unspecified atom stereocenters. The average Bonchev–Trinajstić information content (AvgIpc) is 2.99. The molecule has 0 N–H and O–H groups in total. The molecule has 22 heavy (non-hydrogen) atoms. The largest absolute Gasteiger partial charge is 0.375 e. The van der Waals surface area contributed by atoms with E-state index in [2.05, 4.69) is 24.0 Å². The maximum absolute atomic E-state index is 12.7. The van der Waals surface area contributed by atoms with Gasteiger partial charge in [0.15, 0.2) is 0 Å². The Morgan fingerprint density at radius 3 is 2.77 bits per heavy atom. The van der Waals surface area contributed by atoms with Crippen LogP contribution in [0.4, 0.5) is 0 Å². The topological polar surface area (TPSA) is 42.4 Å². The van der Waals surface area contributed by atoms with Gasteiger partial charge in [-0.05, 0) is 20.8 Å².